The molecule has 0 bridgehead atoms. The Morgan fingerprint density at radius 3 is 1.93 bits per heavy atom. The van der Waals surface area contributed by atoms with E-state index in [9.17, 15) is 0 Å². The van der Waals surface area contributed by atoms with Gasteiger partial charge < -0.3 is 4.57 Å². The molecule has 1 aliphatic carbocycles. The summed E-state index contributed by atoms with van der Waals surface area (Å²) >= 11 is 0. The van der Waals surface area contributed by atoms with Crippen LogP contribution in [-0.2, 0) is 0 Å². The van der Waals surface area contributed by atoms with E-state index >= 15 is 0 Å². The fourth-order valence-corrected chi connectivity index (χ4v) is 8.11. The molecule has 1 heterocycles. The van der Waals surface area contributed by atoms with Gasteiger partial charge in [0.2, 0.25) is 0 Å². The van der Waals surface area contributed by atoms with Gasteiger partial charge in [0.15, 0.2) is 0 Å². The van der Waals surface area contributed by atoms with Crippen LogP contribution >= 0.6 is 0 Å². The number of rotatable bonds is 2. The van der Waals surface area contributed by atoms with E-state index in [0.29, 0.717) is 5.54 Å². The first kappa shape index (κ1) is 11.7. The van der Waals surface area contributed by atoms with Crippen LogP contribution < -0.4 is 0 Å². The third-order valence-corrected chi connectivity index (χ3v) is 8.34. The minimum Gasteiger partial charge on any atom is -0.319 e. The van der Waals surface area contributed by atoms with Gasteiger partial charge in [0.1, 0.15) is 8.96 Å². The van der Waals surface area contributed by atoms with Crippen molar-refractivity contribution in [2.75, 3.05) is 0 Å². The van der Waals surface area contributed by atoms with Crippen LogP contribution in [0.4, 0.5) is 0 Å². The second-order valence-electron chi connectivity index (χ2n) is 6.45. The predicted octanol–water partition coefficient (Wildman–Crippen LogP) is 3.55. The van der Waals surface area contributed by atoms with Crippen LogP contribution in [0.5, 0.6) is 0 Å². The van der Waals surface area contributed by atoms with Crippen LogP contribution in [0.2, 0.25) is 12.1 Å². The maximum Gasteiger partial charge on any atom is 0.112 e. The van der Waals surface area contributed by atoms with Crippen molar-refractivity contribution < 1.29 is 0 Å². The second kappa shape index (κ2) is 4.58. The second-order valence-corrected chi connectivity index (χ2v) is 9.47. The molecule has 1 aliphatic heterocycles. The molecule has 0 aromatic rings. The van der Waals surface area contributed by atoms with Crippen molar-refractivity contribution in [2.45, 2.75) is 83.0 Å². The molecule has 15 heavy (non-hydrogen) atoms. The lowest BCUT2D eigenvalue weighted by atomic mass is 10.1. The minimum atomic E-state index is -0.541. The first-order valence-electron chi connectivity index (χ1n) is 6.87. The van der Waals surface area contributed by atoms with Crippen LogP contribution in [0.3, 0.4) is 0 Å². The van der Waals surface area contributed by atoms with Crippen molar-refractivity contribution in [1.82, 2.24) is 4.57 Å². The number of nitrogens with zero attached hydrogens (tertiary/aromatic N) is 1. The zero-order valence-corrected chi connectivity index (χ0v) is 11.9. The Kier molecular flexibility index (Phi) is 3.56. The highest BCUT2D eigenvalue weighted by molar-refractivity contribution is 6.56. The smallest absolute Gasteiger partial charge is 0.112 e. The first-order chi connectivity index (χ1) is 7.09. The van der Waals surface area contributed by atoms with Gasteiger partial charge in [0, 0.05) is 11.6 Å². The highest BCUT2D eigenvalue weighted by atomic mass is 28.3. The molecule has 1 saturated heterocycles. The zero-order valence-electron chi connectivity index (χ0n) is 10.8. The lowest BCUT2D eigenvalue weighted by Gasteiger charge is -2.44. The Hall–Kier alpha value is 0.177. The maximum absolute atomic E-state index is 3.01. The summed E-state index contributed by atoms with van der Waals surface area (Å²) in [6.45, 7) is 7.32. The van der Waals surface area contributed by atoms with Crippen LogP contribution in [0.15, 0.2) is 0 Å². The number of hydrogen-bond donors (Lipinski definition) is 0. The summed E-state index contributed by atoms with van der Waals surface area (Å²) in [4.78, 5) is 0. The maximum atomic E-state index is 3.01. The van der Waals surface area contributed by atoms with Crippen molar-refractivity contribution in [1.29, 1.82) is 0 Å². The van der Waals surface area contributed by atoms with Gasteiger partial charge in [0.25, 0.3) is 0 Å². The van der Waals surface area contributed by atoms with Gasteiger partial charge in [-0.3, -0.25) is 0 Å². The molecule has 0 amide bonds. The number of hydrogen-bond acceptors (Lipinski definition) is 1. The van der Waals surface area contributed by atoms with Crippen molar-refractivity contribution in [3.8, 4) is 0 Å². The zero-order chi connectivity index (χ0) is 10.9. The molecule has 2 aliphatic rings. The Bertz CT molecular complexity index is 181. The highest BCUT2D eigenvalue weighted by Crippen LogP contribution is 2.35. The standard InChI is InChI=1S/C13H27NSi/c1-13(2,3)14(12-8-4-5-9-12)15-10-6-7-11-15/h12,15H,4-11H2,1-3H3. The van der Waals surface area contributed by atoms with E-state index in [1.165, 1.54) is 38.5 Å². The fourth-order valence-electron chi connectivity index (χ4n) is 3.76. The summed E-state index contributed by atoms with van der Waals surface area (Å²) in [6, 6.07) is 4.14. The van der Waals surface area contributed by atoms with Crippen molar-refractivity contribution in [3.63, 3.8) is 0 Å². The molecule has 0 atom stereocenters. The van der Waals surface area contributed by atoms with Gasteiger partial charge in [-0.15, -0.1) is 0 Å². The third kappa shape index (κ3) is 2.65. The van der Waals surface area contributed by atoms with E-state index < -0.39 is 8.96 Å². The van der Waals surface area contributed by atoms with Crippen LogP contribution in [0.25, 0.3) is 0 Å². The monoisotopic (exact) mass is 225 g/mol. The predicted molar refractivity (Wildman–Crippen MR) is 69.8 cm³/mol. The van der Waals surface area contributed by atoms with E-state index in [2.05, 4.69) is 25.3 Å². The third-order valence-electron chi connectivity index (χ3n) is 4.21. The van der Waals surface area contributed by atoms with Crippen LogP contribution in [0.1, 0.15) is 59.3 Å². The molecule has 1 saturated carbocycles. The summed E-state index contributed by atoms with van der Waals surface area (Å²) in [6.07, 6.45) is 8.99. The first-order valence-corrected chi connectivity index (χ1v) is 9.02. The average molecular weight is 225 g/mol. The molecule has 2 rings (SSSR count). The molecule has 0 N–H and O–H groups in total. The van der Waals surface area contributed by atoms with Crippen LogP contribution in [-0.4, -0.2) is 25.1 Å². The normalized spacial score (nSPS) is 25.6. The molecule has 88 valence electrons. The van der Waals surface area contributed by atoms with E-state index in [1.807, 2.05) is 0 Å². The molecule has 2 heteroatoms. The quantitative estimate of drug-likeness (QED) is 0.650. The lowest BCUT2D eigenvalue weighted by molar-refractivity contribution is 0.186. The Labute approximate surface area is 96.9 Å². The molecule has 0 aromatic carbocycles. The lowest BCUT2D eigenvalue weighted by Crippen LogP contribution is -2.54. The summed E-state index contributed by atoms with van der Waals surface area (Å²) < 4.78 is 3.01. The highest BCUT2D eigenvalue weighted by Gasteiger charge is 2.37. The molecular weight excluding hydrogens is 198 g/mol. The van der Waals surface area contributed by atoms with Gasteiger partial charge in [-0.05, 0) is 45.7 Å². The average Bonchev–Trinajstić information content (AvgIpc) is 2.73. The van der Waals surface area contributed by atoms with Gasteiger partial charge >= 0.3 is 0 Å². The van der Waals surface area contributed by atoms with Crippen molar-refractivity contribution in [2.24, 2.45) is 0 Å². The van der Waals surface area contributed by atoms with E-state index in [1.54, 1.807) is 12.1 Å². The fraction of sp³-hybridized carbons (Fsp3) is 1.00. The van der Waals surface area contributed by atoms with Crippen molar-refractivity contribution in [3.05, 3.63) is 0 Å². The molecule has 0 unspecified atom stereocenters. The molecule has 2 fully saturated rings. The SMILES string of the molecule is CC(C)(C)N(C1CCCC1)[SiH]1CCCC1. The summed E-state index contributed by atoms with van der Waals surface area (Å²) in [5.74, 6) is 0. The Morgan fingerprint density at radius 1 is 0.933 bits per heavy atom. The molecule has 1 nitrogen and oxygen atoms in total. The topological polar surface area (TPSA) is 3.24 Å². The molecule has 0 aromatic heterocycles. The van der Waals surface area contributed by atoms with Crippen LogP contribution in [0, 0.1) is 0 Å². The van der Waals surface area contributed by atoms with Gasteiger partial charge in [0.05, 0.1) is 0 Å². The largest absolute Gasteiger partial charge is 0.319 e. The molecular formula is C13H27NSi. The van der Waals surface area contributed by atoms with Crippen molar-refractivity contribution >= 4 is 8.96 Å². The van der Waals surface area contributed by atoms with Gasteiger partial charge in [-0.1, -0.05) is 25.7 Å². The Balaban J connectivity index is 2.07. The Morgan fingerprint density at radius 2 is 1.47 bits per heavy atom. The minimum absolute atomic E-state index is 0.441. The van der Waals surface area contributed by atoms with E-state index in [4.69, 9.17) is 0 Å². The summed E-state index contributed by atoms with van der Waals surface area (Å²) in [5, 5.41) is 0. The molecule has 0 spiro atoms. The van der Waals surface area contributed by atoms with E-state index in [0.717, 1.165) is 6.04 Å². The van der Waals surface area contributed by atoms with Gasteiger partial charge in [-0.25, -0.2) is 0 Å². The summed E-state index contributed by atoms with van der Waals surface area (Å²) in [5.41, 5.74) is 0.441. The van der Waals surface area contributed by atoms with E-state index in [-0.39, 0.29) is 0 Å². The van der Waals surface area contributed by atoms with Gasteiger partial charge in [-0.2, -0.15) is 0 Å². The summed E-state index contributed by atoms with van der Waals surface area (Å²) in [7, 11) is -0.541. The molecule has 0 radical (unpaired) electrons.